The van der Waals surface area contributed by atoms with E-state index in [1.165, 1.54) is 0 Å². The molecule has 0 fully saturated rings. The largest absolute Gasteiger partial charge is 0.440 e. The van der Waals surface area contributed by atoms with E-state index < -0.39 is 0 Å². The third-order valence-electron chi connectivity index (χ3n) is 5.32. The molecule has 0 unspecified atom stereocenters. The van der Waals surface area contributed by atoms with Crippen LogP contribution >= 0.6 is 11.3 Å². The summed E-state index contributed by atoms with van der Waals surface area (Å²) in [6.07, 6.45) is 0. The van der Waals surface area contributed by atoms with Gasteiger partial charge in [-0.2, -0.15) is 0 Å². The predicted molar refractivity (Wildman–Crippen MR) is 128 cm³/mol. The number of fused-ring (bicyclic) bond motifs is 2. The van der Waals surface area contributed by atoms with Crippen LogP contribution in [0, 0.1) is 0 Å². The zero-order valence-electron chi connectivity index (χ0n) is 18.7. The van der Waals surface area contributed by atoms with E-state index in [9.17, 15) is 0 Å². The van der Waals surface area contributed by atoms with Crippen molar-refractivity contribution in [1.29, 1.82) is 0 Å². The maximum Gasteiger partial charge on any atom is 0.200 e. The first-order chi connectivity index (χ1) is 14.6. The molecule has 5 heteroatoms. The first-order valence-electron chi connectivity index (χ1n) is 10.5. The van der Waals surface area contributed by atoms with Gasteiger partial charge in [0.1, 0.15) is 11.0 Å². The molecule has 0 saturated carbocycles. The molecule has 31 heavy (non-hydrogen) atoms. The highest BCUT2D eigenvalue weighted by Gasteiger charge is 2.25. The van der Waals surface area contributed by atoms with Crippen LogP contribution < -0.4 is 0 Å². The minimum atomic E-state index is -0.149. The first kappa shape index (κ1) is 20.0. The molecule has 4 nitrogen and oxygen atoms in total. The molecular weight excluding hydrogens is 404 g/mol. The fraction of sp³-hybridized carbons (Fsp3) is 0.308. The molecule has 5 aromatic rings. The smallest absolute Gasteiger partial charge is 0.200 e. The molecule has 0 spiro atoms. The minimum Gasteiger partial charge on any atom is -0.440 e. The molecule has 2 aromatic carbocycles. The van der Waals surface area contributed by atoms with Crippen LogP contribution in [-0.2, 0) is 10.8 Å². The van der Waals surface area contributed by atoms with Crippen LogP contribution in [0.25, 0.3) is 43.8 Å². The second-order valence-electron chi connectivity index (χ2n) is 10.0. The molecule has 0 bridgehead atoms. The van der Waals surface area contributed by atoms with Gasteiger partial charge in [-0.3, -0.25) is 0 Å². The number of benzene rings is 2. The summed E-state index contributed by atoms with van der Waals surface area (Å²) >= 11 is 1.71. The summed E-state index contributed by atoms with van der Waals surface area (Å²) in [4.78, 5) is 10.9. The van der Waals surface area contributed by atoms with E-state index in [1.54, 1.807) is 11.3 Å². The van der Waals surface area contributed by atoms with E-state index in [0.717, 1.165) is 55.5 Å². The average molecular weight is 431 g/mol. The van der Waals surface area contributed by atoms with Gasteiger partial charge in [-0.15, -0.1) is 11.3 Å². The average Bonchev–Trinajstić information content (AvgIpc) is 3.42. The van der Waals surface area contributed by atoms with Crippen molar-refractivity contribution in [3.63, 3.8) is 0 Å². The number of rotatable bonds is 2. The van der Waals surface area contributed by atoms with Crippen molar-refractivity contribution in [2.24, 2.45) is 0 Å². The van der Waals surface area contributed by atoms with Gasteiger partial charge in [0.2, 0.25) is 11.8 Å². The van der Waals surface area contributed by atoms with Crippen LogP contribution in [0.1, 0.15) is 53.3 Å². The van der Waals surface area contributed by atoms with E-state index in [2.05, 4.69) is 65.1 Å². The summed E-state index contributed by atoms with van der Waals surface area (Å²) in [5.41, 5.74) is 6.42. The Labute approximate surface area is 185 Å². The van der Waals surface area contributed by atoms with Gasteiger partial charge in [-0.1, -0.05) is 65.8 Å². The van der Waals surface area contributed by atoms with Gasteiger partial charge in [0.15, 0.2) is 11.2 Å². The quantitative estimate of drug-likeness (QED) is 0.285. The zero-order valence-corrected chi connectivity index (χ0v) is 19.6. The van der Waals surface area contributed by atoms with Gasteiger partial charge < -0.3 is 8.83 Å². The lowest BCUT2D eigenvalue weighted by molar-refractivity contribution is 0.411. The van der Waals surface area contributed by atoms with Crippen LogP contribution in [0.3, 0.4) is 0 Å². The monoisotopic (exact) mass is 430 g/mol. The highest BCUT2D eigenvalue weighted by Crippen LogP contribution is 2.43. The minimum absolute atomic E-state index is 0.149. The van der Waals surface area contributed by atoms with E-state index in [1.807, 2.05) is 24.3 Å². The summed E-state index contributed by atoms with van der Waals surface area (Å²) in [6, 6.07) is 14.4. The molecule has 0 saturated heterocycles. The van der Waals surface area contributed by atoms with Crippen molar-refractivity contribution in [1.82, 2.24) is 9.97 Å². The predicted octanol–water partition coefficient (Wildman–Crippen LogP) is 7.96. The number of hydrogen-bond donors (Lipinski definition) is 0. The second-order valence-corrected chi connectivity index (χ2v) is 10.9. The number of aromatic nitrogens is 2. The number of thiophene rings is 1. The van der Waals surface area contributed by atoms with Crippen molar-refractivity contribution in [2.45, 2.75) is 52.4 Å². The Kier molecular flexibility index (Phi) is 4.38. The molecule has 3 heterocycles. The first-order valence-corrected chi connectivity index (χ1v) is 11.4. The van der Waals surface area contributed by atoms with E-state index in [0.29, 0.717) is 0 Å². The Hall–Kier alpha value is -2.92. The van der Waals surface area contributed by atoms with Crippen molar-refractivity contribution < 1.29 is 8.83 Å². The molecule has 158 valence electrons. The number of hydrogen-bond acceptors (Lipinski definition) is 5. The summed E-state index contributed by atoms with van der Waals surface area (Å²) in [6.45, 7) is 12.7. The molecule has 3 aromatic heterocycles. The van der Waals surface area contributed by atoms with Crippen molar-refractivity contribution >= 4 is 33.5 Å². The summed E-state index contributed by atoms with van der Waals surface area (Å²) < 4.78 is 12.2. The third kappa shape index (κ3) is 3.37. The molecule has 0 atom stereocenters. The number of para-hydroxylation sites is 2. The maximum absolute atomic E-state index is 6.09. The molecule has 0 amide bonds. The van der Waals surface area contributed by atoms with Gasteiger partial charge in [0.25, 0.3) is 0 Å². The Morgan fingerprint density at radius 2 is 1.16 bits per heavy atom. The van der Waals surface area contributed by atoms with Crippen LogP contribution in [0.5, 0.6) is 0 Å². The summed E-state index contributed by atoms with van der Waals surface area (Å²) in [7, 11) is 0. The molecular formula is C26H26N2O2S. The molecule has 0 N–H and O–H groups in total. The standard InChI is InChI=1S/C26H26N2O2S/c1-25(2,3)23-27-20-15(9-7-11-18(20)29-23)16-13-14-31-22(16)17-10-8-12-19-21(17)28-24(30-19)26(4,5)6/h7-14H,1-6H3. The fourth-order valence-electron chi connectivity index (χ4n) is 3.67. The van der Waals surface area contributed by atoms with Crippen molar-refractivity contribution in [3.8, 4) is 21.6 Å². The Balaban J connectivity index is 1.72. The van der Waals surface area contributed by atoms with Crippen molar-refractivity contribution in [2.75, 3.05) is 0 Å². The number of oxazole rings is 2. The van der Waals surface area contributed by atoms with Crippen LogP contribution in [0.4, 0.5) is 0 Å². The second kappa shape index (κ2) is 6.79. The summed E-state index contributed by atoms with van der Waals surface area (Å²) in [5.74, 6) is 1.50. The third-order valence-corrected chi connectivity index (χ3v) is 6.27. The zero-order chi connectivity index (χ0) is 22.0. The molecule has 0 aliphatic carbocycles. The lowest BCUT2D eigenvalue weighted by Gasteiger charge is -2.11. The molecule has 0 radical (unpaired) electrons. The van der Waals surface area contributed by atoms with Gasteiger partial charge in [0.05, 0.1) is 0 Å². The van der Waals surface area contributed by atoms with E-state index >= 15 is 0 Å². The number of nitrogens with zero attached hydrogens (tertiary/aromatic N) is 2. The fourth-order valence-corrected chi connectivity index (χ4v) is 4.61. The highest BCUT2D eigenvalue weighted by molar-refractivity contribution is 7.14. The molecule has 0 aliphatic rings. The van der Waals surface area contributed by atoms with E-state index in [4.69, 9.17) is 18.8 Å². The van der Waals surface area contributed by atoms with Crippen LogP contribution in [0.2, 0.25) is 0 Å². The lowest BCUT2D eigenvalue weighted by atomic mass is 9.97. The van der Waals surface area contributed by atoms with Gasteiger partial charge in [-0.25, -0.2) is 9.97 Å². The SMILES string of the molecule is CC(C)(C)c1nc2c(-c3ccsc3-c3cccc4oc(C(C)(C)C)nc34)cccc2o1. The van der Waals surface area contributed by atoms with Crippen LogP contribution in [0.15, 0.2) is 56.7 Å². The Bertz CT molecular complexity index is 1300. The lowest BCUT2D eigenvalue weighted by Crippen LogP contribution is -2.11. The Morgan fingerprint density at radius 3 is 1.71 bits per heavy atom. The molecule has 5 rings (SSSR count). The highest BCUT2D eigenvalue weighted by atomic mass is 32.1. The Morgan fingerprint density at radius 1 is 0.645 bits per heavy atom. The van der Waals surface area contributed by atoms with Crippen LogP contribution in [-0.4, -0.2) is 9.97 Å². The van der Waals surface area contributed by atoms with Gasteiger partial charge >= 0.3 is 0 Å². The van der Waals surface area contributed by atoms with Crippen molar-refractivity contribution in [3.05, 3.63) is 59.6 Å². The topological polar surface area (TPSA) is 52.1 Å². The van der Waals surface area contributed by atoms with Gasteiger partial charge in [0, 0.05) is 32.4 Å². The van der Waals surface area contributed by atoms with Gasteiger partial charge in [-0.05, 0) is 23.6 Å². The summed E-state index contributed by atoms with van der Waals surface area (Å²) in [5, 5.41) is 2.12. The van der Waals surface area contributed by atoms with E-state index in [-0.39, 0.29) is 10.8 Å². The maximum atomic E-state index is 6.09. The molecule has 0 aliphatic heterocycles. The normalized spacial score (nSPS) is 12.8.